The van der Waals surface area contributed by atoms with E-state index in [1.807, 2.05) is 44.2 Å². The first-order valence-corrected chi connectivity index (χ1v) is 10.3. The lowest BCUT2D eigenvalue weighted by Crippen LogP contribution is -2.32. The van der Waals surface area contributed by atoms with Crippen LogP contribution in [0.4, 0.5) is 17.1 Å². The first-order chi connectivity index (χ1) is 15.3. The van der Waals surface area contributed by atoms with Gasteiger partial charge in [0.25, 0.3) is 17.7 Å². The Morgan fingerprint density at radius 2 is 1.56 bits per heavy atom. The highest BCUT2D eigenvalue weighted by atomic mass is 35.5. The summed E-state index contributed by atoms with van der Waals surface area (Å²) in [5.41, 5.74) is 3.78. The number of benzene rings is 3. The molecule has 0 aliphatic carbocycles. The zero-order chi connectivity index (χ0) is 22.8. The molecule has 0 atom stereocenters. The van der Waals surface area contributed by atoms with Crippen LogP contribution in [0.1, 0.15) is 21.5 Å². The van der Waals surface area contributed by atoms with E-state index in [9.17, 15) is 14.4 Å². The molecule has 0 saturated heterocycles. The highest BCUT2D eigenvalue weighted by Crippen LogP contribution is 2.32. The first-order valence-electron chi connectivity index (χ1n) is 9.94. The minimum absolute atomic E-state index is 0.0303. The van der Waals surface area contributed by atoms with E-state index in [2.05, 4.69) is 10.6 Å². The van der Waals surface area contributed by atoms with Crippen molar-refractivity contribution >= 4 is 46.4 Å². The highest BCUT2D eigenvalue weighted by molar-refractivity contribution is 6.53. The molecule has 2 N–H and O–H groups in total. The summed E-state index contributed by atoms with van der Waals surface area (Å²) in [4.78, 5) is 39.4. The third-order valence-electron chi connectivity index (χ3n) is 5.05. The van der Waals surface area contributed by atoms with Gasteiger partial charge in [-0.3, -0.25) is 14.4 Å². The number of hydrogen-bond acceptors (Lipinski definition) is 4. The molecule has 7 heteroatoms. The van der Waals surface area contributed by atoms with Gasteiger partial charge in [0, 0.05) is 16.9 Å². The third-order valence-corrected chi connectivity index (χ3v) is 5.40. The number of para-hydroxylation sites is 1. The standard InChI is InChI=1S/C25H20ClN3O3/c1-15-11-12-20(16(2)13-15)29-24(31)21(26)22(25(29)32)27-19-10-6-7-17(14-19)23(30)28-18-8-4-3-5-9-18/h3-14,27H,1-2H3,(H,28,30). The van der Waals surface area contributed by atoms with Gasteiger partial charge < -0.3 is 10.6 Å². The Labute approximate surface area is 190 Å². The number of amides is 3. The molecular formula is C25H20ClN3O3. The van der Waals surface area contributed by atoms with Crippen molar-refractivity contribution in [2.45, 2.75) is 13.8 Å². The van der Waals surface area contributed by atoms with Gasteiger partial charge in [0.2, 0.25) is 0 Å². The van der Waals surface area contributed by atoms with Crippen molar-refractivity contribution in [2.24, 2.45) is 0 Å². The Kier molecular flexibility index (Phi) is 5.79. The SMILES string of the molecule is Cc1ccc(N2C(=O)C(Cl)=C(Nc3cccc(C(=O)Nc4ccccc4)c3)C2=O)c(C)c1. The molecule has 0 aromatic heterocycles. The molecule has 1 heterocycles. The van der Waals surface area contributed by atoms with Crippen LogP contribution in [0.5, 0.6) is 0 Å². The fourth-order valence-corrected chi connectivity index (χ4v) is 3.71. The summed E-state index contributed by atoms with van der Waals surface area (Å²) in [5, 5.41) is 5.53. The van der Waals surface area contributed by atoms with Crippen molar-refractivity contribution in [3.63, 3.8) is 0 Å². The van der Waals surface area contributed by atoms with Gasteiger partial charge in [-0.2, -0.15) is 0 Å². The van der Waals surface area contributed by atoms with Crippen molar-refractivity contribution in [3.8, 4) is 0 Å². The minimum Gasteiger partial charge on any atom is -0.350 e. The molecule has 4 rings (SSSR count). The Bertz CT molecular complexity index is 1270. The molecule has 0 fully saturated rings. The normalized spacial score (nSPS) is 13.5. The van der Waals surface area contributed by atoms with Gasteiger partial charge in [0.15, 0.2) is 0 Å². The van der Waals surface area contributed by atoms with Gasteiger partial charge in [-0.25, -0.2) is 4.90 Å². The molecule has 3 aromatic rings. The Balaban J connectivity index is 1.56. The number of carbonyl (C=O) groups is 3. The first kappa shape index (κ1) is 21.3. The number of nitrogens with one attached hydrogen (secondary N) is 2. The second kappa shape index (κ2) is 8.69. The van der Waals surface area contributed by atoms with E-state index in [0.717, 1.165) is 16.0 Å². The number of aryl methyl sites for hydroxylation is 2. The van der Waals surface area contributed by atoms with Crippen molar-refractivity contribution in [2.75, 3.05) is 15.5 Å². The summed E-state index contributed by atoms with van der Waals surface area (Å²) in [6.07, 6.45) is 0. The summed E-state index contributed by atoms with van der Waals surface area (Å²) >= 11 is 6.24. The van der Waals surface area contributed by atoms with Crippen LogP contribution in [-0.4, -0.2) is 17.7 Å². The molecule has 0 spiro atoms. The monoisotopic (exact) mass is 445 g/mol. The van der Waals surface area contributed by atoms with Crippen molar-refractivity contribution < 1.29 is 14.4 Å². The number of imide groups is 1. The number of rotatable bonds is 5. The largest absolute Gasteiger partial charge is 0.350 e. The molecule has 0 bridgehead atoms. The van der Waals surface area contributed by atoms with Crippen LogP contribution >= 0.6 is 11.6 Å². The summed E-state index contributed by atoms with van der Waals surface area (Å²) in [5.74, 6) is -1.44. The fourth-order valence-electron chi connectivity index (χ4n) is 3.49. The molecule has 0 saturated carbocycles. The van der Waals surface area contributed by atoms with E-state index in [1.54, 1.807) is 42.5 Å². The van der Waals surface area contributed by atoms with Crippen LogP contribution in [0.3, 0.4) is 0 Å². The zero-order valence-electron chi connectivity index (χ0n) is 17.5. The summed E-state index contributed by atoms with van der Waals surface area (Å²) in [6.45, 7) is 3.76. The topological polar surface area (TPSA) is 78.5 Å². The van der Waals surface area contributed by atoms with Gasteiger partial charge >= 0.3 is 0 Å². The predicted molar refractivity (Wildman–Crippen MR) is 126 cm³/mol. The van der Waals surface area contributed by atoms with Gasteiger partial charge in [0.05, 0.1) is 5.69 Å². The smallest absolute Gasteiger partial charge is 0.283 e. The number of anilines is 3. The minimum atomic E-state index is -0.593. The maximum absolute atomic E-state index is 13.0. The molecule has 0 unspecified atom stereocenters. The average molecular weight is 446 g/mol. The van der Waals surface area contributed by atoms with E-state index >= 15 is 0 Å². The Morgan fingerprint density at radius 3 is 2.28 bits per heavy atom. The van der Waals surface area contributed by atoms with Crippen LogP contribution in [0.25, 0.3) is 0 Å². The van der Waals surface area contributed by atoms with Crippen LogP contribution < -0.4 is 15.5 Å². The quantitative estimate of drug-likeness (QED) is 0.542. The second-order valence-corrected chi connectivity index (χ2v) is 7.83. The van der Waals surface area contributed by atoms with Gasteiger partial charge in [-0.15, -0.1) is 0 Å². The van der Waals surface area contributed by atoms with E-state index < -0.39 is 11.8 Å². The molecular weight excluding hydrogens is 426 g/mol. The number of halogens is 1. The molecule has 1 aliphatic rings. The summed E-state index contributed by atoms with van der Waals surface area (Å²) < 4.78 is 0. The van der Waals surface area contributed by atoms with E-state index in [-0.39, 0.29) is 16.6 Å². The lowest BCUT2D eigenvalue weighted by Gasteiger charge is -2.18. The molecule has 6 nitrogen and oxygen atoms in total. The van der Waals surface area contributed by atoms with Crippen LogP contribution in [0, 0.1) is 13.8 Å². The zero-order valence-corrected chi connectivity index (χ0v) is 18.2. The maximum atomic E-state index is 13.0. The molecule has 0 radical (unpaired) electrons. The summed E-state index contributed by atoms with van der Waals surface area (Å²) in [7, 11) is 0. The van der Waals surface area contributed by atoms with Crippen molar-refractivity contribution in [3.05, 3.63) is 100 Å². The van der Waals surface area contributed by atoms with Crippen LogP contribution in [0.2, 0.25) is 0 Å². The van der Waals surface area contributed by atoms with E-state index in [0.29, 0.717) is 22.6 Å². The van der Waals surface area contributed by atoms with Crippen molar-refractivity contribution in [1.82, 2.24) is 0 Å². The highest BCUT2D eigenvalue weighted by Gasteiger charge is 2.39. The molecule has 1 aliphatic heterocycles. The number of carbonyl (C=O) groups excluding carboxylic acids is 3. The van der Waals surface area contributed by atoms with Crippen LogP contribution in [-0.2, 0) is 9.59 Å². The van der Waals surface area contributed by atoms with E-state index in [4.69, 9.17) is 11.6 Å². The van der Waals surface area contributed by atoms with Gasteiger partial charge in [-0.1, -0.05) is 53.6 Å². The lowest BCUT2D eigenvalue weighted by molar-refractivity contribution is -0.120. The van der Waals surface area contributed by atoms with Crippen LogP contribution in [0.15, 0.2) is 83.5 Å². The maximum Gasteiger partial charge on any atom is 0.283 e. The molecule has 32 heavy (non-hydrogen) atoms. The lowest BCUT2D eigenvalue weighted by atomic mass is 10.1. The molecule has 160 valence electrons. The summed E-state index contributed by atoms with van der Waals surface area (Å²) in [6, 6.07) is 21.1. The predicted octanol–water partition coefficient (Wildman–Crippen LogP) is 4.99. The van der Waals surface area contributed by atoms with Gasteiger partial charge in [-0.05, 0) is 55.8 Å². The third kappa shape index (κ3) is 4.13. The number of nitrogens with zero attached hydrogens (tertiary/aromatic N) is 1. The Hall–Kier alpha value is -3.90. The van der Waals surface area contributed by atoms with E-state index in [1.165, 1.54) is 0 Å². The van der Waals surface area contributed by atoms with Crippen molar-refractivity contribution in [1.29, 1.82) is 0 Å². The Morgan fingerprint density at radius 1 is 0.844 bits per heavy atom. The van der Waals surface area contributed by atoms with Gasteiger partial charge in [0.1, 0.15) is 10.7 Å². The second-order valence-electron chi connectivity index (χ2n) is 7.45. The fraction of sp³-hybridized carbons (Fsp3) is 0.0800. The number of hydrogen-bond donors (Lipinski definition) is 2. The average Bonchev–Trinajstić information content (AvgIpc) is 2.98. The molecule has 3 amide bonds. The molecule has 3 aromatic carbocycles.